The summed E-state index contributed by atoms with van der Waals surface area (Å²) in [5, 5.41) is 3.43. The van der Waals surface area contributed by atoms with Gasteiger partial charge in [-0.1, -0.05) is 23.7 Å². The van der Waals surface area contributed by atoms with Crippen LogP contribution in [0.3, 0.4) is 0 Å². The summed E-state index contributed by atoms with van der Waals surface area (Å²) >= 11 is 6.15. The van der Waals surface area contributed by atoms with E-state index in [-0.39, 0.29) is 11.6 Å². The molecule has 0 bridgehead atoms. The van der Waals surface area contributed by atoms with Crippen molar-refractivity contribution in [2.45, 2.75) is 6.92 Å². The lowest BCUT2D eigenvalue weighted by atomic mass is 10.0. The number of nitrogens with zero attached hydrogens (tertiary/aromatic N) is 1. The summed E-state index contributed by atoms with van der Waals surface area (Å²) in [6.07, 6.45) is 0. The number of likely N-dealkylation sites (N-methyl/N-ethyl adjacent to an activating group) is 1. The van der Waals surface area contributed by atoms with E-state index in [1.807, 2.05) is 6.92 Å². The van der Waals surface area contributed by atoms with Crippen LogP contribution in [0.5, 0.6) is 11.5 Å². The average molecular weight is 387 g/mol. The van der Waals surface area contributed by atoms with Gasteiger partial charge in [0.25, 0.3) is 11.8 Å². The first-order chi connectivity index (χ1) is 13.0. The van der Waals surface area contributed by atoms with Gasteiger partial charge in [-0.2, -0.15) is 0 Å². The zero-order chi connectivity index (χ0) is 19.6. The number of halogens is 1. The summed E-state index contributed by atoms with van der Waals surface area (Å²) < 4.78 is 10.6. The van der Waals surface area contributed by atoms with Crippen LogP contribution in [0, 0.1) is 0 Å². The van der Waals surface area contributed by atoms with E-state index in [4.69, 9.17) is 21.1 Å². The molecule has 27 heavy (non-hydrogen) atoms. The van der Waals surface area contributed by atoms with E-state index in [9.17, 15) is 9.59 Å². The van der Waals surface area contributed by atoms with Crippen LogP contribution in [-0.2, 0) is 9.59 Å². The van der Waals surface area contributed by atoms with E-state index in [1.165, 1.54) is 14.2 Å². The highest BCUT2D eigenvalue weighted by Crippen LogP contribution is 2.33. The number of methoxy groups -OCH3 is 1. The average Bonchev–Trinajstić information content (AvgIpc) is 2.87. The second-order valence-corrected chi connectivity index (χ2v) is 6.26. The van der Waals surface area contributed by atoms with E-state index in [1.54, 1.807) is 42.5 Å². The van der Waals surface area contributed by atoms with Gasteiger partial charge in [0.2, 0.25) is 0 Å². The molecule has 0 unspecified atom stereocenters. The van der Waals surface area contributed by atoms with Gasteiger partial charge in [0.05, 0.1) is 24.3 Å². The van der Waals surface area contributed by atoms with E-state index < -0.39 is 5.91 Å². The molecule has 0 fully saturated rings. The minimum absolute atomic E-state index is 0.202. The fraction of sp³-hybridized carbons (Fsp3) is 0.200. The fourth-order valence-corrected chi connectivity index (χ4v) is 3.06. The molecule has 7 heteroatoms. The fourth-order valence-electron chi connectivity index (χ4n) is 2.80. The Morgan fingerprint density at radius 1 is 1.07 bits per heavy atom. The smallest absolute Gasteiger partial charge is 0.277 e. The van der Waals surface area contributed by atoms with Gasteiger partial charge < -0.3 is 14.8 Å². The molecule has 6 nitrogen and oxygen atoms in total. The van der Waals surface area contributed by atoms with Gasteiger partial charge in [0, 0.05) is 12.7 Å². The lowest BCUT2D eigenvalue weighted by Crippen LogP contribution is -2.27. The van der Waals surface area contributed by atoms with Crippen molar-refractivity contribution in [2.24, 2.45) is 0 Å². The first kappa shape index (κ1) is 18.8. The maximum Gasteiger partial charge on any atom is 0.277 e. The molecule has 1 aliphatic rings. The van der Waals surface area contributed by atoms with Crippen LogP contribution >= 0.6 is 11.6 Å². The number of imide groups is 1. The van der Waals surface area contributed by atoms with Crippen molar-refractivity contribution in [3.63, 3.8) is 0 Å². The molecule has 3 rings (SSSR count). The molecular weight excluding hydrogens is 368 g/mol. The number of ether oxygens (including phenoxy) is 2. The van der Waals surface area contributed by atoms with E-state index in [0.29, 0.717) is 40.0 Å². The molecule has 2 aromatic carbocycles. The molecule has 2 aromatic rings. The number of amides is 2. The Morgan fingerprint density at radius 3 is 2.37 bits per heavy atom. The summed E-state index contributed by atoms with van der Waals surface area (Å²) in [5.74, 6) is 0.444. The highest BCUT2D eigenvalue weighted by molar-refractivity contribution is 6.36. The molecule has 1 N–H and O–H groups in total. The summed E-state index contributed by atoms with van der Waals surface area (Å²) in [4.78, 5) is 26.3. The van der Waals surface area contributed by atoms with E-state index in [0.717, 1.165) is 4.90 Å². The highest BCUT2D eigenvalue weighted by atomic mass is 35.5. The van der Waals surface area contributed by atoms with Crippen molar-refractivity contribution in [3.8, 4) is 11.5 Å². The topological polar surface area (TPSA) is 67.9 Å². The molecule has 0 saturated heterocycles. The van der Waals surface area contributed by atoms with Crippen molar-refractivity contribution in [1.82, 2.24) is 4.90 Å². The number of anilines is 1. The Bertz CT molecular complexity index is 922. The number of carbonyl (C=O) groups is 2. The Kier molecular flexibility index (Phi) is 5.37. The quantitative estimate of drug-likeness (QED) is 0.769. The lowest BCUT2D eigenvalue weighted by molar-refractivity contribution is -0.135. The normalized spacial score (nSPS) is 14.0. The van der Waals surface area contributed by atoms with Crippen LogP contribution in [0.1, 0.15) is 12.5 Å². The van der Waals surface area contributed by atoms with Crippen LogP contribution < -0.4 is 14.8 Å². The third-order valence-electron chi connectivity index (χ3n) is 4.16. The number of carbonyl (C=O) groups excluding carboxylic acids is 2. The molecular formula is C20H19ClN2O4. The Labute approximate surface area is 162 Å². The van der Waals surface area contributed by atoms with Crippen molar-refractivity contribution in [1.29, 1.82) is 0 Å². The summed E-state index contributed by atoms with van der Waals surface area (Å²) in [6, 6.07) is 12.1. The zero-order valence-electron chi connectivity index (χ0n) is 15.2. The number of rotatable bonds is 6. The molecule has 0 aromatic heterocycles. The number of hydrogen-bond donors (Lipinski definition) is 1. The Hall–Kier alpha value is -2.99. The molecule has 140 valence electrons. The lowest BCUT2D eigenvalue weighted by Gasteiger charge is -2.11. The van der Waals surface area contributed by atoms with Crippen molar-refractivity contribution < 1.29 is 19.1 Å². The third-order valence-corrected chi connectivity index (χ3v) is 4.46. The maximum atomic E-state index is 12.6. The highest BCUT2D eigenvalue weighted by Gasteiger charge is 2.36. The monoisotopic (exact) mass is 386 g/mol. The number of benzene rings is 2. The zero-order valence-corrected chi connectivity index (χ0v) is 16.0. The van der Waals surface area contributed by atoms with Crippen molar-refractivity contribution in [3.05, 3.63) is 58.7 Å². The van der Waals surface area contributed by atoms with Gasteiger partial charge in [-0.3, -0.25) is 14.5 Å². The largest absolute Gasteiger partial charge is 0.495 e. The second kappa shape index (κ2) is 7.72. The molecule has 0 aliphatic carbocycles. The van der Waals surface area contributed by atoms with Crippen LogP contribution in [0.4, 0.5) is 5.69 Å². The summed E-state index contributed by atoms with van der Waals surface area (Å²) in [6.45, 7) is 2.44. The van der Waals surface area contributed by atoms with Gasteiger partial charge >= 0.3 is 0 Å². The van der Waals surface area contributed by atoms with Gasteiger partial charge in [0.1, 0.15) is 17.2 Å². The molecule has 2 amide bonds. The van der Waals surface area contributed by atoms with Gasteiger partial charge in [-0.25, -0.2) is 0 Å². The first-order valence-electron chi connectivity index (χ1n) is 8.36. The minimum atomic E-state index is -0.407. The van der Waals surface area contributed by atoms with Gasteiger partial charge in [0.15, 0.2) is 0 Å². The third kappa shape index (κ3) is 3.61. The predicted octanol–water partition coefficient (Wildman–Crippen LogP) is 3.57. The SMILES string of the molecule is CCOc1ccc(C2=C(Nc3ccc(OC)c(Cl)c3)C(=O)N(C)C2=O)cc1. The van der Waals surface area contributed by atoms with Crippen LogP contribution in [-0.4, -0.2) is 37.5 Å². The molecule has 1 aliphatic heterocycles. The standard InChI is InChI=1S/C20H19ClN2O4/c1-4-27-14-8-5-12(6-9-14)17-18(20(25)23(2)19(17)24)22-13-7-10-16(26-3)15(21)11-13/h5-11,22H,4H2,1-3H3. The predicted molar refractivity (Wildman–Crippen MR) is 104 cm³/mol. The molecule has 0 atom stereocenters. The van der Waals surface area contributed by atoms with Crippen molar-refractivity contribution in [2.75, 3.05) is 26.1 Å². The van der Waals surface area contributed by atoms with Gasteiger partial charge in [-0.15, -0.1) is 0 Å². The van der Waals surface area contributed by atoms with Crippen LogP contribution in [0.25, 0.3) is 5.57 Å². The molecule has 0 radical (unpaired) electrons. The van der Waals surface area contributed by atoms with Crippen LogP contribution in [0.2, 0.25) is 5.02 Å². The van der Waals surface area contributed by atoms with E-state index in [2.05, 4.69) is 5.32 Å². The molecule has 0 saturated carbocycles. The Balaban J connectivity index is 2.00. The number of nitrogens with one attached hydrogen (secondary N) is 1. The first-order valence-corrected chi connectivity index (χ1v) is 8.74. The minimum Gasteiger partial charge on any atom is -0.495 e. The van der Waals surface area contributed by atoms with Gasteiger partial charge in [-0.05, 0) is 42.8 Å². The van der Waals surface area contributed by atoms with Crippen molar-refractivity contribution >= 4 is 34.7 Å². The second-order valence-electron chi connectivity index (χ2n) is 5.85. The molecule has 0 spiro atoms. The molecule has 1 heterocycles. The van der Waals surface area contributed by atoms with E-state index >= 15 is 0 Å². The maximum absolute atomic E-state index is 12.6. The summed E-state index contributed by atoms with van der Waals surface area (Å²) in [7, 11) is 2.98. The number of hydrogen-bond acceptors (Lipinski definition) is 5. The summed E-state index contributed by atoms with van der Waals surface area (Å²) in [5.41, 5.74) is 1.71. The Morgan fingerprint density at radius 2 is 1.78 bits per heavy atom. The van der Waals surface area contributed by atoms with Crippen LogP contribution in [0.15, 0.2) is 48.2 Å².